The third-order valence-corrected chi connectivity index (χ3v) is 7.10. The van der Waals surface area contributed by atoms with E-state index in [1.807, 2.05) is 18.9 Å². The predicted octanol–water partition coefficient (Wildman–Crippen LogP) is 7.74. The number of alkyl halides is 3. The lowest BCUT2D eigenvalue weighted by molar-refractivity contribution is -0.137. The third-order valence-electron chi connectivity index (χ3n) is 7.10. The normalized spacial score (nSPS) is 13.6. The van der Waals surface area contributed by atoms with Gasteiger partial charge in [0.1, 0.15) is 24.8 Å². The van der Waals surface area contributed by atoms with Crippen molar-refractivity contribution >= 4 is 24.2 Å². The highest BCUT2D eigenvalue weighted by molar-refractivity contribution is 5.82. The van der Waals surface area contributed by atoms with Crippen LogP contribution in [0, 0.1) is 6.92 Å². The van der Waals surface area contributed by atoms with Gasteiger partial charge in [0.25, 0.3) is 6.47 Å². The van der Waals surface area contributed by atoms with Crippen LogP contribution in [0.25, 0.3) is 16.6 Å². The molecule has 4 aromatic rings. The number of halogens is 3. The molecule has 0 bridgehead atoms. The van der Waals surface area contributed by atoms with Crippen molar-refractivity contribution in [2.24, 2.45) is 0 Å². The number of benzene rings is 2. The summed E-state index contributed by atoms with van der Waals surface area (Å²) in [5, 5.41) is 16.8. The molecule has 42 heavy (non-hydrogen) atoms. The van der Waals surface area contributed by atoms with Gasteiger partial charge in [-0.2, -0.15) is 23.1 Å². The van der Waals surface area contributed by atoms with Crippen molar-refractivity contribution in [1.29, 1.82) is 0 Å². The minimum atomic E-state index is -4.37. The lowest BCUT2D eigenvalue weighted by atomic mass is 10.0. The van der Waals surface area contributed by atoms with Crippen LogP contribution in [-0.4, -0.2) is 37.9 Å². The molecule has 0 amide bonds. The lowest BCUT2D eigenvalue weighted by Crippen LogP contribution is -2.25. The quantitative estimate of drug-likeness (QED) is 0.231. The predicted molar refractivity (Wildman–Crippen MR) is 156 cm³/mol. The summed E-state index contributed by atoms with van der Waals surface area (Å²) in [5.74, 6) is 0.736. The third kappa shape index (κ3) is 8.67. The molecule has 2 aromatic carbocycles. The van der Waals surface area contributed by atoms with Crippen molar-refractivity contribution in [3.05, 3.63) is 71.7 Å². The number of aryl methyl sites for hydroxylation is 1. The fraction of sp³-hybridized carbons (Fsp3) is 0.419. The number of carboxylic acid groups (broad SMARTS) is 1. The van der Waals surface area contributed by atoms with Crippen LogP contribution in [0.1, 0.15) is 76.2 Å². The molecule has 1 N–H and O–H groups in total. The molecule has 2 heterocycles. The van der Waals surface area contributed by atoms with Crippen LogP contribution in [-0.2, 0) is 27.9 Å². The topological polar surface area (TPSA) is 99.2 Å². The molecule has 0 radical (unpaired) electrons. The summed E-state index contributed by atoms with van der Waals surface area (Å²) in [7, 11) is 0. The Hall–Kier alpha value is -4.15. The molecule has 0 spiro atoms. The van der Waals surface area contributed by atoms with Gasteiger partial charge >= 0.3 is 6.18 Å². The molecule has 228 valence electrons. The molecule has 2 aromatic heterocycles. The number of rotatable bonds is 6. The molecule has 11 heteroatoms. The average molecular weight is 589 g/mol. The van der Waals surface area contributed by atoms with Crippen molar-refractivity contribution in [2.45, 2.75) is 84.5 Å². The molecule has 8 nitrogen and oxygen atoms in total. The first-order valence-corrected chi connectivity index (χ1v) is 13.8. The highest BCUT2D eigenvalue weighted by Crippen LogP contribution is 2.39. The standard InChI is InChI=1S/C25H25F3N4O.C4H10.CH2O2.CH2O/c1-17-22(30-32(29-17)20-7-5-19(6-8-20)25(26,27)28)16-33-21-9-10-23-18(15-21)11-14-31(23)24(2)12-3-4-13-24;1-3-4-2;2-1-3;1-2/h5-11,14-15H,3-4,12-13,16H2,1-2H3;3-4H2,1-2H3;1H,(H,2,3);1H2. The van der Waals surface area contributed by atoms with E-state index in [0.717, 1.165) is 23.3 Å². The van der Waals surface area contributed by atoms with Crippen LogP contribution in [0.3, 0.4) is 0 Å². The fourth-order valence-electron chi connectivity index (χ4n) is 4.65. The van der Waals surface area contributed by atoms with E-state index >= 15 is 0 Å². The van der Waals surface area contributed by atoms with E-state index in [2.05, 4.69) is 53.9 Å². The van der Waals surface area contributed by atoms with E-state index < -0.39 is 11.7 Å². The van der Waals surface area contributed by atoms with Crippen molar-refractivity contribution < 1.29 is 32.6 Å². The first-order valence-electron chi connectivity index (χ1n) is 13.8. The van der Waals surface area contributed by atoms with E-state index in [9.17, 15) is 13.2 Å². The van der Waals surface area contributed by atoms with Crippen LogP contribution in [0.5, 0.6) is 5.75 Å². The number of fused-ring (bicyclic) bond motifs is 1. The Bertz CT molecular complexity index is 1390. The van der Waals surface area contributed by atoms with Gasteiger partial charge in [0.2, 0.25) is 0 Å². The van der Waals surface area contributed by atoms with Gasteiger partial charge in [-0.05, 0) is 75.2 Å². The Balaban J connectivity index is 0.000000612. The zero-order valence-electron chi connectivity index (χ0n) is 24.5. The Kier molecular flexibility index (Phi) is 12.8. The van der Waals surface area contributed by atoms with Crippen LogP contribution >= 0.6 is 0 Å². The van der Waals surface area contributed by atoms with Gasteiger partial charge in [-0.3, -0.25) is 4.79 Å². The van der Waals surface area contributed by atoms with E-state index in [1.54, 1.807) is 6.92 Å². The van der Waals surface area contributed by atoms with Crippen molar-refractivity contribution in [2.75, 3.05) is 0 Å². The Morgan fingerprint density at radius 2 is 1.62 bits per heavy atom. The maximum absolute atomic E-state index is 12.8. The molecule has 1 saturated carbocycles. The second-order valence-electron chi connectivity index (χ2n) is 10.1. The summed E-state index contributed by atoms with van der Waals surface area (Å²) >= 11 is 0. The average Bonchev–Trinajstić information content (AvgIpc) is 3.72. The van der Waals surface area contributed by atoms with Crippen LogP contribution in [0.2, 0.25) is 0 Å². The van der Waals surface area contributed by atoms with Crippen LogP contribution < -0.4 is 4.74 Å². The molecule has 1 aliphatic carbocycles. The molecule has 1 aliphatic rings. The first-order chi connectivity index (χ1) is 20.1. The molecular formula is C31H39F3N4O4. The zero-order chi connectivity index (χ0) is 31.3. The van der Waals surface area contributed by atoms with Gasteiger partial charge < -0.3 is 19.2 Å². The summed E-state index contributed by atoms with van der Waals surface area (Å²) < 4.78 is 46.7. The Labute approximate surface area is 244 Å². The van der Waals surface area contributed by atoms with E-state index in [1.165, 1.54) is 61.0 Å². The van der Waals surface area contributed by atoms with Crippen LogP contribution in [0.4, 0.5) is 13.2 Å². The van der Waals surface area contributed by atoms with E-state index in [4.69, 9.17) is 19.4 Å². The molecule has 0 unspecified atom stereocenters. The number of carbonyl (C=O) groups excluding carboxylic acids is 1. The van der Waals surface area contributed by atoms with E-state index in [0.29, 0.717) is 17.1 Å². The number of aromatic nitrogens is 4. The summed E-state index contributed by atoms with van der Waals surface area (Å²) in [6, 6.07) is 13.0. The number of hydrogen-bond donors (Lipinski definition) is 1. The van der Waals surface area contributed by atoms with Gasteiger partial charge in [0.15, 0.2) is 0 Å². The highest BCUT2D eigenvalue weighted by Gasteiger charge is 2.31. The van der Waals surface area contributed by atoms with E-state index in [-0.39, 0.29) is 18.6 Å². The van der Waals surface area contributed by atoms with Crippen molar-refractivity contribution in [3.63, 3.8) is 0 Å². The van der Waals surface area contributed by atoms with Crippen molar-refractivity contribution in [1.82, 2.24) is 19.6 Å². The minimum Gasteiger partial charge on any atom is -0.487 e. The monoisotopic (exact) mass is 588 g/mol. The molecular weight excluding hydrogens is 549 g/mol. The summed E-state index contributed by atoms with van der Waals surface area (Å²) in [6.07, 6.45) is 5.36. The number of unbranched alkanes of at least 4 members (excludes halogenated alkanes) is 1. The van der Waals surface area contributed by atoms with Gasteiger partial charge in [0.05, 0.1) is 16.9 Å². The van der Waals surface area contributed by atoms with Crippen LogP contribution in [0.15, 0.2) is 54.7 Å². The summed E-state index contributed by atoms with van der Waals surface area (Å²) in [6.45, 7) is 10.5. The Morgan fingerprint density at radius 1 is 1.02 bits per heavy atom. The van der Waals surface area contributed by atoms with Gasteiger partial charge in [-0.15, -0.1) is 5.10 Å². The minimum absolute atomic E-state index is 0.179. The van der Waals surface area contributed by atoms with Gasteiger partial charge in [-0.25, -0.2) is 0 Å². The zero-order valence-corrected chi connectivity index (χ0v) is 24.5. The molecule has 0 saturated heterocycles. The number of ether oxygens (including phenoxy) is 1. The van der Waals surface area contributed by atoms with Gasteiger partial charge in [-0.1, -0.05) is 39.5 Å². The smallest absolute Gasteiger partial charge is 0.416 e. The maximum atomic E-state index is 12.8. The van der Waals surface area contributed by atoms with Gasteiger partial charge in [0, 0.05) is 22.6 Å². The molecule has 1 fully saturated rings. The summed E-state index contributed by atoms with van der Waals surface area (Å²) in [4.78, 5) is 17.7. The number of hydrogen-bond acceptors (Lipinski definition) is 5. The molecule has 0 atom stereocenters. The largest absolute Gasteiger partial charge is 0.487 e. The number of carbonyl (C=O) groups is 2. The lowest BCUT2D eigenvalue weighted by Gasteiger charge is -2.27. The fourth-order valence-corrected chi connectivity index (χ4v) is 4.65. The highest BCUT2D eigenvalue weighted by atomic mass is 19.4. The molecule has 0 aliphatic heterocycles. The second kappa shape index (κ2) is 15.7. The SMILES string of the molecule is C=O.CCCC.Cc1nn(-c2ccc(C(F)(F)F)cc2)nc1COc1ccc2c(ccn2C2(C)CCCC2)c1.O=CO. The summed E-state index contributed by atoms with van der Waals surface area (Å²) in [5.41, 5.74) is 2.43. The number of nitrogens with zero attached hydrogens (tertiary/aromatic N) is 4. The Morgan fingerprint density at radius 3 is 2.17 bits per heavy atom. The van der Waals surface area contributed by atoms with Crippen molar-refractivity contribution in [3.8, 4) is 11.4 Å². The maximum Gasteiger partial charge on any atom is 0.416 e. The molecule has 5 rings (SSSR count). The first kappa shape index (κ1) is 34.1. The second-order valence-corrected chi connectivity index (χ2v) is 10.1.